The van der Waals surface area contributed by atoms with Crippen LogP contribution in [0.1, 0.15) is 59.3 Å². The number of pyridine rings is 1. The van der Waals surface area contributed by atoms with Crippen LogP contribution in [-0.2, 0) is 14.4 Å². The molecule has 278 valence electrons. The van der Waals surface area contributed by atoms with E-state index in [-0.39, 0.29) is 22.9 Å². The molecular formula is C39H46ClFN4O7. The highest BCUT2D eigenvalue weighted by Gasteiger charge is 2.56. The molecule has 1 aromatic heterocycles. The number of aliphatic carboxylic acids is 1. The van der Waals surface area contributed by atoms with Crippen LogP contribution in [0.25, 0.3) is 10.9 Å². The number of carboxylic acid groups (broad SMARTS) is 1. The molecule has 3 N–H and O–H groups in total. The molecule has 0 radical (unpaired) electrons. The monoisotopic (exact) mass is 736 g/mol. The van der Waals surface area contributed by atoms with Gasteiger partial charge in [-0.25, -0.2) is 4.39 Å². The lowest BCUT2D eigenvalue weighted by molar-refractivity contribution is -0.894. The van der Waals surface area contributed by atoms with Crippen molar-refractivity contribution in [1.82, 2.24) is 4.98 Å². The predicted molar refractivity (Wildman–Crippen MR) is 197 cm³/mol. The number of carbonyl (C=O) groups excluding carboxylic acids is 3. The number of aromatic nitrogens is 1. The van der Waals surface area contributed by atoms with E-state index in [0.29, 0.717) is 72.5 Å². The summed E-state index contributed by atoms with van der Waals surface area (Å²) >= 11 is 6.67. The molecule has 0 atom stereocenters. The van der Waals surface area contributed by atoms with E-state index in [1.807, 2.05) is 0 Å². The summed E-state index contributed by atoms with van der Waals surface area (Å²) in [6.45, 7) is 10.9. The van der Waals surface area contributed by atoms with Gasteiger partial charge in [0.2, 0.25) is 11.8 Å². The second-order valence-electron chi connectivity index (χ2n) is 12.4. The molecular weight excluding hydrogens is 691 g/mol. The van der Waals surface area contributed by atoms with Crippen molar-refractivity contribution < 1.29 is 43.0 Å². The van der Waals surface area contributed by atoms with Gasteiger partial charge in [-0.1, -0.05) is 17.7 Å². The number of carbonyl (C=O) groups is 3. The van der Waals surface area contributed by atoms with Gasteiger partial charge in [0.25, 0.3) is 0 Å². The van der Waals surface area contributed by atoms with Crippen LogP contribution < -0.4 is 34.9 Å². The van der Waals surface area contributed by atoms with Gasteiger partial charge in [-0.15, -0.1) is 0 Å². The molecule has 0 saturated heterocycles. The molecule has 13 heteroatoms. The van der Waals surface area contributed by atoms with Crippen molar-refractivity contribution in [2.45, 2.75) is 59.3 Å². The number of fused-ring (bicyclic) bond motifs is 1. The summed E-state index contributed by atoms with van der Waals surface area (Å²) < 4.78 is 30.8. The highest BCUT2D eigenvalue weighted by molar-refractivity contribution is 6.35. The number of ether oxygens (including phenoxy) is 3. The van der Waals surface area contributed by atoms with E-state index < -0.39 is 29.0 Å². The van der Waals surface area contributed by atoms with Crippen LogP contribution in [0, 0.1) is 11.2 Å². The van der Waals surface area contributed by atoms with Gasteiger partial charge >= 0.3 is 0 Å². The molecule has 1 aliphatic carbocycles. The van der Waals surface area contributed by atoms with Crippen LogP contribution in [-0.4, -0.2) is 56.1 Å². The summed E-state index contributed by atoms with van der Waals surface area (Å²) in [6.07, 6.45) is 4.17. The fraction of sp³-hybridized carbons (Fsp3) is 0.385. The molecule has 1 fully saturated rings. The smallest absolute Gasteiger partial charge is 0.240 e. The first-order valence-corrected chi connectivity index (χ1v) is 17.9. The number of carboxylic acids is 1. The lowest BCUT2D eigenvalue weighted by Gasteiger charge is -2.18. The van der Waals surface area contributed by atoms with Crippen LogP contribution in [0.3, 0.4) is 0 Å². The van der Waals surface area contributed by atoms with Crippen LogP contribution in [0.2, 0.25) is 5.02 Å². The summed E-state index contributed by atoms with van der Waals surface area (Å²) in [5, 5.41) is 16.8. The average Bonchev–Trinajstić information content (AvgIpc) is 3.96. The molecule has 4 aromatic rings. The molecule has 0 bridgehead atoms. The summed E-state index contributed by atoms with van der Waals surface area (Å²) in [4.78, 5) is 42.9. The zero-order valence-electron chi connectivity index (χ0n) is 30.0. The van der Waals surface area contributed by atoms with Gasteiger partial charge < -0.3 is 39.6 Å². The zero-order valence-corrected chi connectivity index (χ0v) is 30.7. The summed E-state index contributed by atoms with van der Waals surface area (Å²) in [6, 6.07) is 15.4. The Balaban J connectivity index is 0.000000785. The number of benzene rings is 3. The Hall–Kier alpha value is -4.94. The average molecular weight is 737 g/mol. The number of hydrogen-bond acceptors (Lipinski definition) is 8. The number of nitrogens with zero attached hydrogens (tertiary/aromatic N) is 1. The molecule has 1 saturated carbocycles. The summed E-state index contributed by atoms with van der Waals surface area (Å²) in [7, 11) is 1.51. The number of hydrogen-bond donors (Lipinski definition) is 3. The molecule has 11 nitrogen and oxygen atoms in total. The Morgan fingerprint density at radius 1 is 0.885 bits per heavy atom. The number of anilines is 2. The Labute approximate surface area is 308 Å². The Bertz CT molecular complexity index is 1830. The van der Waals surface area contributed by atoms with Crippen LogP contribution >= 0.6 is 11.6 Å². The molecule has 0 unspecified atom stereocenters. The lowest BCUT2D eigenvalue weighted by atomic mass is 10.0. The van der Waals surface area contributed by atoms with Crippen LogP contribution in [0.4, 0.5) is 15.8 Å². The first-order valence-electron chi connectivity index (χ1n) is 17.5. The van der Waals surface area contributed by atoms with Crippen molar-refractivity contribution >= 4 is 51.7 Å². The highest BCUT2D eigenvalue weighted by atomic mass is 35.5. The predicted octanol–water partition coefficient (Wildman–Crippen LogP) is 5.81. The van der Waals surface area contributed by atoms with Crippen molar-refractivity contribution in [2.75, 3.05) is 44.0 Å². The normalized spacial score (nSPS) is 12.8. The second-order valence-corrected chi connectivity index (χ2v) is 12.8. The maximum absolute atomic E-state index is 13.2. The third-order valence-corrected chi connectivity index (χ3v) is 9.31. The minimum Gasteiger partial charge on any atom is -0.550 e. The van der Waals surface area contributed by atoms with Gasteiger partial charge in [0.15, 0.2) is 11.5 Å². The van der Waals surface area contributed by atoms with Crippen molar-refractivity contribution in [1.29, 1.82) is 0 Å². The van der Waals surface area contributed by atoms with E-state index in [2.05, 4.69) is 36.4 Å². The number of unbranched alkanes of at least 4 members (excludes halogenated alkanes) is 2. The van der Waals surface area contributed by atoms with E-state index in [4.69, 9.17) is 25.8 Å². The summed E-state index contributed by atoms with van der Waals surface area (Å²) in [5.41, 5.74) is -0.0306. The van der Waals surface area contributed by atoms with E-state index in [9.17, 15) is 23.9 Å². The minimum atomic E-state index is -1.26. The maximum atomic E-state index is 13.2. The van der Waals surface area contributed by atoms with Gasteiger partial charge in [0.05, 0.1) is 44.6 Å². The molecule has 2 amide bonds. The van der Waals surface area contributed by atoms with Crippen LogP contribution in [0.15, 0.2) is 66.9 Å². The van der Waals surface area contributed by atoms with Gasteiger partial charge in [0.1, 0.15) is 27.8 Å². The zero-order chi connectivity index (χ0) is 37.7. The molecule has 5 rings (SSSR count). The quantitative estimate of drug-likeness (QED) is 0.0912. The van der Waals surface area contributed by atoms with E-state index >= 15 is 0 Å². The highest BCUT2D eigenvalue weighted by Crippen LogP contribution is 2.48. The van der Waals surface area contributed by atoms with Crippen molar-refractivity contribution in [2.24, 2.45) is 5.41 Å². The summed E-state index contributed by atoms with van der Waals surface area (Å²) in [5.74, 6) is -0.861. The van der Waals surface area contributed by atoms with E-state index in [1.165, 1.54) is 51.0 Å². The number of nitrogens with one attached hydrogen (secondary N) is 3. The number of halogens is 2. The van der Waals surface area contributed by atoms with Crippen molar-refractivity contribution in [3.8, 4) is 23.0 Å². The van der Waals surface area contributed by atoms with Gasteiger partial charge in [-0.05, 0) is 108 Å². The largest absolute Gasteiger partial charge is 0.550 e. The number of quaternary nitrogens is 1. The topological polar surface area (TPSA) is 143 Å². The van der Waals surface area contributed by atoms with Gasteiger partial charge in [-0.3, -0.25) is 14.6 Å². The number of amides is 2. The fourth-order valence-corrected chi connectivity index (χ4v) is 5.69. The van der Waals surface area contributed by atoms with Crippen molar-refractivity contribution in [3.63, 3.8) is 0 Å². The third-order valence-electron chi connectivity index (χ3n) is 8.92. The lowest BCUT2D eigenvalue weighted by Crippen LogP contribution is -3.11. The minimum absolute atomic E-state index is 0.0159. The molecule has 0 aliphatic heterocycles. The second kappa shape index (κ2) is 19.1. The van der Waals surface area contributed by atoms with Crippen molar-refractivity contribution in [3.05, 3.63) is 77.7 Å². The third kappa shape index (κ3) is 10.5. The Morgan fingerprint density at radius 3 is 2.19 bits per heavy atom. The van der Waals surface area contributed by atoms with E-state index in [1.54, 1.807) is 47.5 Å². The Morgan fingerprint density at radius 2 is 1.58 bits per heavy atom. The number of rotatable bonds is 17. The molecule has 1 heterocycles. The first-order chi connectivity index (χ1) is 25.0. The fourth-order valence-electron chi connectivity index (χ4n) is 5.48. The molecule has 1 aliphatic rings. The molecule has 0 spiro atoms. The molecule has 52 heavy (non-hydrogen) atoms. The van der Waals surface area contributed by atoms with Crippen LogP contribution in [0.5, 0.6) is 23.0 Å². The van der Waals surface area contributed by atoms with Gasteiger partial charge in [0, 0.05) is 29.3 Å². The first kappa shape index (κ1) is 39.8. The molecule has 3 aromatic carbocycles. The standard InChI is InChI=1S/C33H31ClFN3O7.C6H15N/c1-43-27-18-22-24(19-28(27)44-17-4-2-3-8-29(39)40)36-16-13-25(22)45-26-7-5-6-23(30(26)34)38-32(42)33(14-15-33)31(41)37-21-11-9-20(35)10-12-21;1-4-7(5-2)6-3/h5-7,9-13,16,18-19H,2-4,8,14-15,17H2,1H3,(H,37,41)(H,38,42)(H,39,40);4-6H2,1-3H3. The number of methoxy groups -OCH3 is 1. The van der Waals surface area contributed by atoms with E-state index in [0.717, 1.165) is 0 Å². The maximum Gasteiger partial charge on any atom is 0.240 e. The SMILES string of the molecule is CC[NH+](CC)CC.COc1cc2c(Oc3cccc(NC(=O)C4(C(=O)Nc5ccc(F)cc5)CC4)c3Cl)ccnc2cc1OCCCCCC(=O)[O-]. The Kier molecular flexibility index (Phi) is 14.6. The van der Waals surface area contributed by atoms with Gasteiger partial charge in [-0.2, -0.15) is 0 Å².